The molecule has 2 N–H and O–H groups in total. The highest BCUT2D eigenvalue weighted by molar-refractivity contribution is 6.00. The molecule has 20 heavy (non-hydrogen) atoms. The number of methoxy groups -OCH3 is 1. The average molecular weight is 279 g/mol. The minimum atomic E-state index is -0.493. The van der Waals surface area contributed by atoms with Gasteiger partial charge in [0.05, 0.1) is 31.6 Å². The predicted molar refractivity (Wildman–Crippen MR) is 72.3 cm³/mol. The zero-order chi connectivity index (χ0) is 14.4. The monoisotopic (exact) mass is 279 g/mol. The van der Waals surface area contributed by atoms with Crippen molar-refractivity contribution in [3.63, 3.8) is 0 Å². The number of hydrazine groups is 1. The van der Waals surface area contributed by atoms with Crippen LogP contribution in [0.25, 0.3) is 0 Å². The summed E-state index contributed by atoms with van der Waals surface area (Å²) in [5.74, 6) is -0.493. The second-order valence-electron chi connectivity index (χ2n) is 4.20. The number of amides is 2. The van der Waals surface area contributed by atoms with Gasteiger partial charge in [-0.2, -0.15) is 0 Å². The lowest BCUT2D eigenvalue weighted by Gasteiger charge is -2.27. The highest BCUT2D eigenvalue weighted by Crippen LogP contribution is 2.15. The predicted octanol–water partition coefficient (Wildman–Crippen LogP) is 0.842. The van der Waals surface area contributed by atoms with Crippen LogP contribution in [0.3, 0.4) is 0 Å². The molecule has 108 valence electrons. The first-order valence-corrected chi connectivity index (χ1v) is 6.28. The highest BCUT2D eigenvalue weighted by Gasteiger charge is 2.16. The lowest BCUT2D eigenvalue weighted by Crippen LogP contribution is -2.49. The first-order chi connectivity index (χ1) is 9.70. The number of rotatable bonds is 3. The van der Waals surface area contributed by atoms with Crippen LogP contribution in [0, 0.1) is 0 Å². The van der Waals surface area contributed by atoms with E-state index in [-0.39, 0.29) is 0 Å². The summed E-state index contributed by atoms with van der Waals surface area (Å²) in [5.41, 5.74) is 3.42. The van der Waals surface area contributed by atoms with Gasteiger partial charge in [0, 0.05) is 13.1 Å². The zero-order valence-corrected chi connectivity index (χ0v) is 11.2. The van der Waals surface area contributed by atoms with E-state index in [1.165, 1.54) is 7.11 Å². The minimum absolute atomic E-state index is 0.312. The third kappa shape index (κ3) is 3.69. The van der Waals surface area contributed by atoms with Crippen molar-refractivity contribution in [3.8, 4) is 0 Å². The van der Waals surface area contributed by atoms with E-state index < -0.39 is 12.0 Å². The Morgan fingerprint density at radius 3 is 2.65 bits per heavy atom. The summed E-state index contributed by atoms with van der Waals surface area (Å²) in [5, 5.41) is 4.40. The van der Waals surface area contributed by atoms with Crippen LogP contribution in [0.4, 0.5) is 10.5 Å². The molecule has 2 rings (SSSR count). The van der Waals surface area contributed by atoms with Crippen molar-refractivity contribution in [3.05, 3.63) is 29.8 Å². The Morgan fingerprint density at radius 2 is 1.95 bits per heavy atom. The smallest absolute Gasteiger partial charge is 0.339 e. The Bertz CT molecular complexity index is 486. The summed E-state index contributed by atoms with van der Waals surface area (Å²) >= 11 is 0. The fourth-order valence-electron chi connectivity index (χ4n) is 1.85. The van der Waals surface area contributed by atoms with E-state index in [9.17, 15) is 9.59 Å². The number of urea groups is 1. The minimum Gasteiger partial charge on any atom is -0.465 e. The third-order valence-electron chi connectivity index (χ3n) is 2.85. The Morgan fingerprint density at radius 1 is 1.25 bits per heavy atom. The van der Waals surface area contributed by atoms with Gasteiger partial charge < -0.3 is 14.8 Å². The molecule has 7 nitrogen and oxygen atoms in total. The third-order valence-corrected chi connectivity index (χ3v) is 2.85. The van der Waals surface area contributed by atoms with Crippen molar-refractivity contribution in [2.45, 2.75) is 0 Å². The van der Waals surface area contributed by atoms with Gasteiger partial charge in [-0.05, 0) is 12.1 Å². The second kappa shape index (κ2) is 6.88. The second-order valence-corrected chi connectivity index (χ2v) is 4.20. The Kier molecular flexibility index (Phi) is 4.91. The Hall–Kier alpha value is -2.12. The standard InChI is InChI=1S/C13H17N3O4/c1-19-12(17)10-4-2-3-5-11(10)14-13(18)15-16-6-8-20-9-7-16/h2-5H,6-9H2,1H3,(H2,14,15,18). The van der Waals surface area contributed by atoms with Crippen LogP contribution >= 0.6 is 0 Å². The molecule has 0 radical (unpaired) electrons. The van der Waals surface area contributed by atoms with Crippen LogP contribution in [0.15, 0.2) is 24.3 Å². The molecule has 2 amide bonds. The van der Waals surface area contributed by atoms with Crippen LogP contribution in [-0.2, 0) is 9.47 Å². The maximum absolute atomic E-state index is 11.9. The number of carbonyl (C=O) groups is 2. The lowest BCUT2D eigenvalue weighted by molar-refractivity contribution is 0.0207. The van der Waals surface area contributed by atoms with Gasteiger partial charge in [0.15, 0.2) is 0 Å². The number of nitrogens with zero attached hydrogens (tertiary/aromatic N) is 1. The van der Waals surface area contributed by atoms with Crippen molar-refractivity contribution in [2.75, 3.05) is 38.7 Å². The van der Waals surface area contributed by atoms with Crippen LogP contribution in [0.2, 0.25) is 0 Å². The molecule has 0 aromatic heterocycles. The quantitative estimate of drug-likeness (QED) is 0.802. The molecule has 1 aromatic rings. The highest BCUT2D eigenvalue weighted by atomic mass is 16.5. The summed E-state index contributed by atoms with van der Waals surface area (Å²) in [7, 11) is 1.30. The molecule has 7 heteroatoms. The van der Waals surface area contributed by atoms with E-state index in [4.69, 9.17) is 4.74 Å². The largest absolute Gasteiger partial charge is 0.465 e. The van der Waals surface area contributed by atoms with Gasteiger partial charge in [-0.25, -0.2) is 14.6 Å². The van der Waals surface area contributed by atoms with Gasteiger partial charge in [0.1, 0.15) is 0 Å². The van der Waals surface area contributed by atoms with Crippen molar-refractivity contribution < 1.29 is 19.1 Å². The van der Waals surface area contributed by atoms with Crippen molar-refractivity contribution >= 4 is 17.7 Å². The summed E-state index contributed by atoms with van der Waals surface area (Å²) in [6.45, 7) is 2.43. The van der Waals surface area contributed by atoms with Crippen LogP contribution in [0.1, 0.15) is 10.4 Å². The molecule has 0 atom stereocenters. The fourth-order valence-corrected chi connectivity index (χ4v) is 1.85. The van der Waals surface area contributed by atoms with Gasteiger partial charge in [-0.3, -0.25) is 5.43 Å². The van der Waals surface area contributed by atoms with E-state index in [1.54, 1.807) is 29.3 Å². The SMILES string of the molecule is COC(=O)c1ccccc1NC(=O)NN1CCOCC1. The Labute approximate surface area is 116 Å². The molecule has 0 unspecified atom stereocenters. The number of hydrogen-bond acceptors (Lipinski definition) is 5. The molecule has 0 spiro atoms. The van der Waals surface area contributed by atoms with Crippen molar-refractivity contribution in [2.24, 2.45) is 0 Å². The first kappa shape index (κ1) is 14.3. The maximum Gasteiger partial charge on any atom is 0.339 e. The topological polar surface area (TPSA) is 79.9 Å². The molecule has 1 aliphatic heterocycles. The summed E-state index contributed by atoms with van der Waals surface area (Å²) in [6.07, 6.45) is 0. The zero-order valence-electron chi connectivity index (χ0n) is 11.2. The van der Waals surface area contributed by atoms with Gasteiger partial charge >= 0.3 is 12.0 Å². The van der Waals surface area contributed by atoms with Gasteiger partial charge in [0.25, 0.3) is 0 Å². The Balaban J connectivity index is 1.98. The van der Waals surface area contributed by atoms with E-state index in [0.717, 1.165) is 0 Å². The van der Waals surface area contributed by atoms with E-state index in [2.05, 4.69) is 15.5 Å². The van der Waals surface area contributed by atoms with Crippen molar-refractivity contribution in [1.29, 1.82) is 0 Å². The number of morpholine rings is 1. The summed E-state index contributed by atoms with van der Waals surface area (Å²) in [4.78, 5) is 23.5. The number of ether oxygens (including phenoxy) is 2. The fraction of sp³-hybridized carbons (Fsp3) is 0.385. The number of benzene rings is 1. The van der Waals surface area contributed by atoms with Crippen LogP contribution in [-0.4, -0.2) is 50.4 Å². The molecular formula is C13H17N3O4. The molecule has 1 aromatic carbocycles. The van der Waals surface area contributed by atoms with E-state index in [0.29, 0.717) is 37.6 Å². The molecule has 1 fully saturated rings. The van der Waals surface area contributed by atoms with Gasteiger partial charge in [-0.15, -0.1) is 0 Å². The van der Waals surface area contributed by atoms with Crippen LogP contribution in [0.5, 0.6) is 0 Å². The molecule has 0 saturated carbocycles. The average Bonchev–Trinajstić information content (AvgIpc) is 2.48. The lowest BCUT2D eigenvalue weighted by atomic mass is 10.2. The van der Waals surface area contributed by atoms with Crippen LogP contribution < -0.4 is 10.7 Å². The molecule has 1 heterocycles. The number of para-hydroxylation sites is 1. The van der Waals surface area contributed by atoms with Crippen molar-refractivity contribution in [1.82, 2.24) is 10.4 Å². The normalized spacial score (nSPS) is 15.4. The van der Waals surface area contributed by atoms with E-state index >= 15 is 0 Å². The molecular weight excluding hydrogens is 262 g/mol. The molecule has 1 saturated heterocycles. The molecule has 0 aliphatic carbocycles. The number of hydrogen-bond donors (Lipinski definition) is 2. The molecule has 0 bridgehead atoms. The number of esters is 1. The van der Waals surface area contributed by atoms with E-state index in [1.807, 2.05) is 0 Å². The summed E-state index contributed by atoms with van der Waals surface area (Å²) < 4.78 is 9.86. The van der Waals surface area contributed by atoms with Gasteiger partial charge in [-0.1, -0.05) is 12.1 Å². The maximum atomic E-state index is 11.9. The number of carbonyl (C=O) groups excluding carboxylic acids is 2. The molecule has 1 aliphatic rings. The first-order valence-electron chi connectivity index (χ1n) is 6.28. The number of nitrogens with one attached hydrogen (secondary N) is 2. The summed E-state index contributed by atoms with van der Waals surface area (Å²) in [6, 6.07) is 6.28. The number of anilines is 1. The van der Waals surface area contributed by atoms with Gasteiger partial charge in [0.2, 0.25) is 0 Å².